The van der Waals surface area contributed by atoms with Gasteiger partial charge in [0.1, 0.15) is 12.1 Å². The van der Waals surface area contributed by atoms with E-state index < -0.39 is 0 Å². The number of hydrogen-bond acceptors (Lipinski definition) is 3. The van der Waals surface area contributed by atoms with E-state index in [2.05, 4.69) is 34.6 Å². The maximum atomic E-state index is 12.8. The SMILES string of the molecule is O=C(Cn1nnc2ccccc21)N1CCCC1Cc1ccccc1. The van der Waals surface area contributed by atoms with Gasteiger partial charge in [-0.3, -0.25) is 4.79 Å². The minimum absolute atomic E-state index is 0.129. The Balaban J connectivity index is 1.49. The molecule has 0 N–H and O–H groups in total. The molecule has 1 amide bonds. The van der Waals surface area contributed by atoms with E-state index >= 15 is 0 Å². The number of aromatic nitrogens is 3. The highest BCUT2D eigenvalue weighted by atomic mass is 16.2. The van der Waals surface area contributed by atoms with Crippen LogP contribution in [0.15, 0.2) is 54.6 Å². The molecule has 122 valence electrons. The largest absolute Gasteiger partial charge is 0.338 e. The smallest absolute Gasteiger partial charge is 0.244 e. The van der Waals surface area contributed by atoms with E-state index in [0.29, 0.717) is 0 Å². The molecule has 1 unspecified atom stereocenters. The fraction of sp³-hybridized carbons (Fsp3) is 0.316. The summed E-state index contributed by atoms with van der Waals surface area (Å²) in [7, 11) is 0. The highest BCUT2D eigenvalue weighted by Gasteiger charge is 2.29. The summed E-state index contributed by atoms with van der Waals surface area (Å²) in [6, 6.07) is 18.4. The lowest BCUT2D eigenvalue weighted by atomic mass is 10.0. The maximum absolute atomic E-state index is 12.8. The van der Waals surface area contributed by atoms with Crippen molar-refractivity contribution in [2.45, 2.75) is 31.8 Å². The molecule has 0 radical (unpaired) electrons. The van der Waals surface area contributed by atoms with Crippen LogP contribution >= 0.6 is 0 Å². The second-order valence-corrected chi connectivity index (χ2v) is 6.31. The Morgan fingerprint density at radius 1 is 1.08 bits per heavy atom. The van der Waals surface area contributed by atoms with Gasteiger partial charge >= 0.3 is 0 Å². The van der Waals surface area contributed by atoms with Crippen LogP contribution in [0.3, 0.4) is 0 Å². The van der Waals surface area contributed by atoms with Crippen LogP contribution in [0.1, 0.15) is 18.4 Å². The fourth-order valence-electron chi connectivity index (χ4n) is 3.52. The van der Waals surface area contributed by atoms with Crippen LogP contribution in [0.5, 0.6) is 0 Å². The first-order valence-electron chi connectivity index (χ1n) is 8.43. The second-order valence-electron chi connectivity index (χ2n) is 6.31. The highest BCUT2D eigenvalue weighted by Crippen LogP contribution is 2.22. The first-order chi connectivity index (χ1) is 11.8. The molecule has 1 saturated heterocycles. The highest BCUT2D eigenvalue weighted by molar-refractivity contribution is 5.80. The van der Waals surface area contributed by atoms with Gasteiger partial charge in [0.25, 0.3) is 0 Å². The summed E-state index contributed by atoms with van der Waals surface area (Å²) in [5.41, 5.74) is 3.02. The second kappa shape index (κ2) is 6.43. The molecule has 1 atom stereocenters. The van der Waals surface area contributed by atoms with Gasteiger partial charge < -0.3 is 4.90 Å². The molecular formula is C19H20N4O. The van der Waals surface area contributed by atoms with Gasteiger partial charge in [-0.15, -0.1) is 5.10 Å². The lowest BCUT2D eigenvalue weighted by Crippen LogP contribution is -2.39. The molecule has 2 heterocycles. The first kappa shape index (κ1) is 14.9. The van der Waals surface area contributed by atoms with Crippen molar-refractivity contribution in [2.75, 3.05) is 6.54 Å². The number of nitrogens with zero attached hydrogens (tertiary/aromatic N) is 4. The summed E-state index contributed by atoms with van der Waals surface area (Å²) in [6.07, 6.45) is 3.06. The van der Waals surface area contributed by atoms with Crippen molar-refractivity contribution in [3.63, 3.8) is 0 Å². The number of carbonyl (C=O) groups excluding carboxylic acids is 1. The van der Waals surface area contributed by atoms with E-state index in [1.165, 1.54) is 5.56 Å². The molecule has 24 heavy (non-hydrogen) atoms. The molecular weight excluding hydrogens is 300 g/mol. The molecule has 0 saturated carbocycles. The number of carbonyl (C=O) groups is 1. The monoisotopic (exact) mass is 320 g/mol. The third kappa shape index (κ3) is 2.89. The van der Waals surface area contributed by atoms with Crippen LogP contribution in [0.25, 0.3) is 11.0 Å². The Morgan fingerprint density at radius 3 is 2.75 bits per heavy atom. The summed E-state index contributed by atoms with van der Waals surface area (Å²) in [5.74, 6) is 0.129. The molecule has 2 aromatic carbocycles. The van der Waals surface area contributed by atoms with Gasteiger partial charge in [0.05, 0.1) is 5.52 Å². The number of para-hydroxylation sites is 1. The van der Waals surface area contributed by atoms with Gasteiger partial charge in [-0.2, -0.15) is 0 Å². The number of amides is 1. The molecule has 0 bridgehead atoms. The molecule has 1 aromatic heterocycles. The maximum Gasteiger partial charge on any atom is 0.244 e. The lowest BCUT2D eigenvalue weighted by Gasteiger charge is -2.25. The molecule has 4 rings (SSSR count). The Labute approximate surface area is 140 Å². The zero-order valence-corrected chi connectivity index (χ0v) is 13.5. The van der Waals surface area contributed by atoms with Crippen molar-refractivity contribution in [3.8, 4) is 0 Å². The van der Waals surface area contributed by atoms with E-state index in [4.69, 9.17) is 0 Å². The number of hydrogen-bond donors (Lipinski definition) is 0. The number of benzene rings is 2. The topological polar surface area (TPSA) is 51.0 Å². The van der Waals surface area contributed by atoms with Crippen molar-refractivity contribution < 1.29 is 4.79 Å². The van der Waals surface area contributed by atoms with E-state index in [0.717, 1.165) is 36.8 Å². The van der Waals surface area contributed by atoms with Crippen molar-refractivity contribution in [1.82, 2.24) is 19.9 Å². The molecule has 5 nitrogen and oxygen atoms in total. The summed E-state index contributed by atoms with van der Waals surface area (Å²) >= 11 is 0. The van der Waals surface area contributed by atoms with E-state index in [1.54, 1.807) is 4.68 Å². The molecule has 3 aromatic rings. The third-order valence-corrected chi connectivity index (χ3v) is 4.72. The standard InChI is InChI=1S/C19H20N4O/c24-19(14-23-18-11-5-4-10-17(18)20-21-23)22-12-6-9-16(22)13-15-7-2-1-3-8-15/h1-5,7-8,10-11,16H,6,9,12-14H2. The quantitative estimate of drug-likeness (QED) is 0.742. The van der Waals surface area contributed by atoms with Crippen LogP contribution in [0, 0.1) is 0 Å². The van der Waals surface area contributed by atoms with Crippen molar-refractivity contribution in [1.29, 1.82) is 0 Å². The van der Waals surface area contributed by atoms with Gasteiger partial charge in [-0.05, 0) is 37.0 Å². The zero-order valence-electron chi connectivity index (χ0n) is 13.5. The zero-order chi connectivity index (χ0) is 16.4. The summed E-state index contributed by atoms with van der Waals surface area (Å²) in [6.45, 7) is 1.09. The van der Waals surface area contributed by atoms with Crippen molar-refractivity contribution in [2.24, 2.45) is 0 Å². The lowest BCUT2D eigenvalue weighted by molar-refractivity contribution is -0.132. The van der Waals surface area contributed by atoms with E-state index in [1.807, 2.05) is 35.2 Å². The molecule has 1 aliphatic rings. The average molecular weight is 320 g/mol. The van der Waals surface area contributed by atoms with Crippen LogP contribution < -0.4 is 0 Å². The molecule has 5 heteroatoms. The van der Waals surface area contributed by atoms with Crippen LogP contribution in [-0.2, 0) is 17.8 Å². The molecule has 1 aliphatic heterocycles. The van der Waals surface area contributed by atoms with Crippen molar-refractivity contribution in [3.05, 3.63) is 60.2 Å². The molecule has 0 spiro atoms. The Bertz CT molecular complexity index is 843. The van der Waals surface area contributed by atoms with Crippen LogP contribution in [0.4, 0.5) is 0 Å². The molecule has 0 aliphatic carbocycles. The third-order valence-electron chi connectivity index (χ3n) is 4.72. The van der Waals surface area contributed by atoms with Crippen LogP contribution in [-0.4, -0.2) is 38.4 Å². The Kier molecular flexibility index (Phi) is 3.99. The fourth-order valence-corrected chi connectivity index (χ4v) is 3.52. The minimum Gasteiger partial charge on any atom is -0.338 e. The van der Waals surface area contributed by atoms with Gasteiger partial charge in [0.15, 0.2) is 0 Å². The van der Waals surface area contributed by atoms with Gasteiger partial charge in [0, 0.05) is 12.6 Å². The normalized spacial score (nSPS) is 17.5. The van der Waals surface area contributed by atoms with E-state index in [9.17, 15) is 4.79 Å². The van der Waals surface area contributed by atoms with Gasteiger partial charge in [0.2, 0.25) is 5.91 Å². The average Bonchev–Trinajstić information content (AvgIpc) is 3.23. The Hall–Kier alpha value is -2.69. The molecule has 1 fully saturated rings. The van der Waals surface area contributed by atoms with Gasteiger partial charge in [-0.25, -0.2) is 4.68 Å². The van der Waals surface area contributed by atoms with E-state index in [-0.39, 0.29) is 18.5 Å². The summed E-state index contributed by atoms with van der Waals surface area (Å²) in [5, 5.41) is 8.26. The number of likely N-dealkylation sites (tertiary alicyclic amines) is 1. The minimum atomic E-state index is 0.129. The van der Waals surface area contributed by atoms with Crippen LogP contribution in [0.2, 0.25) is 0 Å². The number of rotatable bonds is 4. The summed E-state index contributed by atoms with van der Waals surface area (Å²) < 4.78 is 1.70. The number of fused-ring (bicyclic) bond motifs is 1. The predicted molar refractivity (Wildman–Crippen MR) is 92.4 cm³/mol. The van der Waals surface area contributed by atoms with Gasteiger partial charge in [-0.1, -0.05) is 47.7 Å². The Morgan fingerprint density at radius 2 is 1.88 bits per heavy atom. The summed E-state index contributed by atoms with van der Waals surface area (Å²) in [4.78, 5) is 14.8. The van der Waals surface area contributed by atoms with Crippen molar-refractivity contribution >= 4 is 16.9 Å². The predicted octanol–water partition coefficient (Wildman–Crippen LogP) is 2.67. The first-order valence-corrected chi connectivity index (χ1v) is 8.43.